The standard InChI is InChI=1S/C28H34F3N3O3/c1-20(29)28(21(2)30,22(3)31)27(26(35)36,34-15-7-8-16-34)19-23-10-12-24(13-11-23)37-18-17-33(4)25-9-5-6-14-32-25/h5-16,20-22H,17-19H2,1-4H3,(H,35,36)/t20?,21?,22?,27-,28?/m1/s1. The van der Waals surface area contributed by atoms with E-state index in [0.29, 0.717) is 24.5 Å². The monoisotopic (exact) mass is 517 g/mol. The van der Waals surface area contributed by atoms with E-state index in [1.165, 1.54) is 17.0 Å². The number of ether oxygens (including phenoxy) is 1. The molecule has 6 nitrogen and oxygen atoms in total. The number of halogens is 3. The van der Waals surface area contributed by atoms with Gasteiger partial charge in [0.25, 0.3) is 0 Å². The van der Waals surface area contributed by atoms with Gasteiger partial charge in [-0.2, -0.15) is 0 Å². The fraction of sp³-hybridized carbons (Fsp3) is 0.429. The van der Waals surface area contributed by atoms with Crippen molar-refractivity contribution in [2.75, 3.05) is 25.1 Å². The Hall–Kier alpha value is -3.49. The molecule has 4 atom stereocenters. The van der Waals surface area contributed by atoms with Crippen LogP contribution in [0.2, 0.25) is 0 Å². The molecule has 0 aliphatic heterocycles. The summed E-state index contributed by atoms with van der Waals surface area (Å²) in [5.74, 6) is -0.158. The van der Waals surface area contributed by atoms with Crippen molar-refractivity contribution >= 4 is 11.8 Å². The molecule has 0 radical (unpaired) electrons. The van der Waals surface area contributed by atoms with E-state index >= 15 is 13.2 Å². The van der Waals surface area contributed by atoms with Crippen molar-refractivity contribution in [3.8, 4) is 5.75 Å². The Morgan fingerprint density at radius 3 is 2.08 bits per heavy atom. The lowest BCUT2D eigenvalue weighted by atomic mass is 9.59. The minimum Gasteiger partial charge on any atom is -0.492 e. The summed E-state index contributed by atoms with van der Waals surface area (Å²) < 4.78 is 52.9. The molecule has 0 saturated carbocycles. The van der Waals surface area contributed by atoms with Gasteiger partial charge in [0.05, 0.1) is 12.0 Å². The van der Waals surface area contributed by atoms with Crippen LogP contribution in [0.3, 0.4) is 0 Å². The Labute approximate surface area is 215 Å². The highest BCUT2D eigenvalue weighted by molar-refractivity contribution is 5.79. The molecule has 37 heavy (non-hydrogen) atoms. The zero-order valence-electron chi connectivity index (χ0n) is 21.5. The molecule has 3 unspecified atom stereocenters. The quantitative estimate of drug-likeness (QED) is 0.325. The Morgan fingerprint density at radius 2 is 1.59 bits per heavy atom. The minimum atomic E-state index is -2.50. The van der Waals surface area contributed by atoms with Crippen molar-refractivity contribution in [2.24, 2.45) is 5.41 Å². The second-order valence-electron chi connectivity index (χ2n) is 9.32. The average molecular weight is 518 g/mol. The average Bonchev–Trinajstić information content (AvgIpc) is 3.39. The summed E-state index contributed by atoms with van der Waals surface area (Å²) in [6.07, 6.45) is -2.13. The molecular formula is C28H34F3N3O3. The largest absolute Gasteiger partial charge is 0.492 e. The van der Waals surface area contributed by atoms with E-state index in [0.717, 1.165) is 26.6 Å². The molecule has 3 rings (SSSR count). The van der Waals surface area contributed by atoms with Gasteiger partial charge in [-0.15, -0.1) is 0 Å². The number of pyridine rings is 1. The summed E-state index contributed by atoms with van der Waals surface area (Å²) in [7, 11) is 1.90. The van der Waals surface area contributed by atoms with Gasteiger partial charge in [0.15, 0.2) is 5.54 Å². The molecule has 1 N–H and O–H groups in total. The second-order valence-corrected chi connectivity index (χ2v) is 9.32. The van der Waals surface area contributed by atoms with Crippen LogP contribution in [-0.4, -0.2) is 59.3 Å². The number of nitrogens with zero attached hydrogens (tertiary/aromatic N) is 3. The molecule has 0 aliphatic rings. The summed E-state index contributed by atoms with van der Waals surface area (Å²) in [6, 6.07) is 15.3. The molecule has 9 heteroatoms. The maximum atomic E-state index is 15.3. The normalized spacial score (nSPS) is 17.2. The van der Waals surface area contributed by atoms with Gasteiger partial charge in [0.2, 0.25) is 0 Å². The van der Waals surface area contributed by atoms with E-state index in [4.69, 9.17) is 4.74 Å². The number of aliphatic carboxylic acids is 1. The highest BCUT2D eigenvalue weighted by Gasteiger charge is 2.67. The molecule has 0 amide bonds. The molecule has 2 aromatic heterocycles. The van der Waals surface area contributed by atoms with Crippen molar-refractivity contribution in [3.05, 3.63) is 78.8 Å². The number of alkyl halides is 3. The first kappa shape index (κ1) is 28.1. The van der Waals surface area contributed by atoms with E-state index in [-0.39, 0.29) is 6.42 Å². The molecule has 2 heterocycles. The van der Waals surface area contributed by atoms with Gasteiger partial charge in [-0.25, -0.2) is 22.9 Å². The van der Waals surface area contributed by atoms with Crippen molar-refractivity contribution < 1.29 is 27.8 Å². The van der Waals surface area contributed by atoms with Crippen LogP contribution in [0.4, 0.5) is 19.0 Å². The number of rotatable bonds is 13. The lowest BCUT2D eigenvalue weighted by Crippen LogP contribution is -2.67. The number of hydrogen-bond donors (Lipinski definition) is 1. The number of likely N-dealkylation sites (N-methyl/N-ethyl adjacent to an activating group) is 1. The minimum absolute atomic E-state index is 0.337. The molecule has 200 valence electrons. The number of anilines is 1. The number of carboxylic acid groups (broad SMARTS) is 1. The molecule has 1 aromatic carbocycles. The summed E-state index contributed by atoms with van der Waals surface area (Å²) in [4.78, 5) is 19.1. The van der Waals surface area contributed by atoms with Gasteiger partial charge in [-0.05, 0) is 62.7 Å². The molecule has 0 fully saturated rings. The van der Waals surface area contributed by atoms with Gasteiger partial charge < -0.3 is 19.3 Å². The fourth-order valence-corrected chi connectivity index (χ4v) is 5.36. The predicted molar refractivity (Wildman–Crippen MR) is 137 cm³/mol. The highest BCUT2D eigenvalue weighted by Crippen LogP contribution is 2.52. The third-order valence-electron chi connectivity index (χ3n) is 7.21. The summed E-state index contributed by atoms with van der Waals surface area (Å²) in [5, 5.41) is 10.5. The van der Waals surface area contributed by atoms with Crippen LogP contribution in [0.15, 0.2) is 73.2 Å². The molecular weight excluding hydrogens is 483 g/mol. The summed E-state index contributed by atoms with van der Waals surface area (Å²) in [6.45, 7) is 4.01. The van der Waals surface area contributed by atoms with Crippen LogP contribution in [0.1, 0.15) is 26.3 Å². The van der Waals surface area contributed by atoms with E-state index < -0.39 is 35.4 Å². The lowest BCUT2D eigenvalue weighted by Gasteiger charge is -2.51. The van der Waals surface area contributed by atoms with Gasteiger partial charge in [0, 0.05) is 32.1 Å². The van der Waals surface area contributed by atoms with Crippen LogP contribution in [0.5, 0.6) is 5.75 Å². The first-order valence-corrected chi connectivity index (χ1v) is 12.2. The van der Waals surface area contributed by atoms with E-state index in [1.807, 2.05) is 30.1 Å². The number of benzene rings is 1. The number of aromatic nitrogens is 2. The van der Waals surface area contributed by atoms with Gasteiger partial charge >= 0.3 is 5.97 Å². The number of carboxylic acids is 1. The van der Waals surface area contributed by atoms with Gasteiger partial charge in [-0.1, -0.05) is 18.2 Å². The van der Waals surface area contributed by atoms with Crippen molar-refractivity contribution in [2.45, 2.75) is 51.2 Å². The maximum absolute atomic E-state index is 15.3. The van der Waals surface area contributed by atoms with Gasteiger partial charge in [-0.3, -0.25) is 0 Å². The Kier molecular flexibility index (Phi) is 8.89. The summed E-state index contributed by atoms with van der Waals surface area (Å²) in [5.41, 5.74) is -4.30. The van der Waals surface area contributed by atoms with Crippen molar-refractivity contribution in [3.63, 3.8) is 0 Å². The van der Waals surface area contributed by atoms with E-state index in [1.54, 1.807) is 42.6 Å². The molecule has 0 saturated heterocycles. The Bertz CT molecular complexity index is 1100. The first-order chi connectivity index (χ1) is 17.6. The molecule has 0 spiro atoms. The first-order valence-electron chi connectivity index (χ1n) is 12.2. The molecule has 3 aromatic rings. The number of carbonyl (C=O) groups is 1. The van der Waals surface area contributed by atoms with Crippen molar-refractivity contribution in [1.29, 1.82) is 0 Å². The lowest BCUT2D eigenvalue weighted by molar-refractivity contribution is -0.178. The molecule has 0 bridgehead atoms. The SMILES string of the molecule is CC(F)C(C(C)F)(C(C)F)[C@@](Cc1ccc(OCCN(C)c2ccccn2)cc1)(C(=O)O)n1cccc1. The van der Waals surface area contributed by atoms with Gasteiger partial charge in [0.1, 0.15) is 36.7 Å². The summed E-state index contributed by atoms with van der Waals surface area (Å²) >= 11 is 0. The third-order valence-corrected chi connectivity index (χ3v) is 7.21. The Balaban J connectivity index is 1.88. The van der Waals surface area contributed by atoms with Crippen LogP contribution < -0.4 is 9.64 Å². The van der Waals surface area contributed by atoms with Crippen LogP contribution in [0.25, 0.3) is 0 Å². The van der Waals surface area contributed by atoms with Crippen molar-refractivity contribution in [1.82, 2.24) is 9.55 Å². The molecule has 0 aliphatic carbocycles. The van der Waals surface area contributed by atoms with Crippen LogP contribution in [0, 0.1) is 5.41 Å². The second kappa shape index (κ2) is 11.7. The van der Waals surface area contributed by atoms with E-state index in [2.05, 4.69) is 4.98 Å². The Morgan fingerprint density at radius 1 is 1.00 bits per heavy atom. The predicted octanol–water partition coefficient (Wildman–Crippen LogP) is 5.48. The number of hydrogen-bond acceptors (Lipinski definition) is 4. The van der Waals surface area contributed by atoms with E-state index in [9.17, 15) is 9.90 Å². The van der Waals surface area contributed by atoms with Crippen LogP contribution in [-0.2, 0) is 16.8 Å². The topological polar surface area (TPSA) is 67.6 Å². The maximum Gasteiger partial charge on any atom is 0.331 e. The highest BCUT2D eigenvalue weighted by atomic mass is 19.2. The zero-order chi connectivity index (χ0) is 27.2. The zero-order valence-corrected chi connectivity index (χ0v) is 21.5. The van der Waals surface area contributed by atoms with Crippen LogP contribution >= 0.6 is 0 Å². The third kappa shape index (κ3) is 5.31. The fourth-order valence-electron chi connectivity index (χ4n) is 5.36. The smallest absolute Gasteiger partial charge is 0.331 e.